The predicted octanol–water partition coefficient (Wildman–Crippen LogP) is 1.65. The molecule has 0 saturated carbocycles. The molecule has 0 aliphatic heterocycles. The quantitative estimate of drug-likeness (QED) is 0.796. The van der Waals surface area contributed by atoms with Crippen molar-refractivity contribution < 1.29 is 0 Å². The third-order valence-corrected chi connectivity index (χ3v) is 2.95. The van der Waals surface area contributed by atoms with E-state index < -0.39 is 0 Å². The van der Waals surface area contributed by atoms with Crippen molar-refractivity contribution in [3.8, 4) is 0 Å². The summed E-state index contributed by atoms with van der Waals surface area (Å²) >= 11 is 1.66. The lowest BCUT2D eigenvalue weighted by atomic mass is 10.4. The smallest absolute Gasteiger partial charge is 0.119 e. The van der Waals surface area contributed by atoms with Crippen LogP contribution in [0.25, 0.3) is 0 Å². The Morgan fingerprint density at radius 2 is 2.33 bits per heavy atom. The molecular formula is C10H12N4S. The zero-order valence-corrected chi connectivity index (χ0v) is 9.02. The zero-order valence-electron chi connectivity index (χ0n) is 8.21. The molecule has 2 aromatic rings. The highest BCUT2D eigenvalue weighted by Crippen LogP contribution is 2.21. The molecule has 2 heterocycles. The number of nitrogen functional groups attached to an aromatic ring is 1. The average Bonchev–Trinajstić information content (AvgIpc) is 2.74. The Labute approximate surface area is 92.5 Å². The van der Waals surface area contributed by atoms with Crippen LogP contribution < -0.4 is 5.73 Å². The molecule has 2 aromatic heterocycles. The molecular weight excluding hydrogens is 208 g/mol. The van der Waals surface area contributed by atoms with E-state index in [0.29, 0.717) is 0 Å². The van der Waals surface area contributed by atoms with Crippen LogP contribution in [-0.2, 0) is 6.54 Å². The summed E-state index contributed by atoms with van der Waals surface area (Å²) in [6, 6.07) is 3.71. The molecule has 4 nitrogen and oxygen atoms in total. The van der Waals surface area contributed by atoms with Crippen LogP contribution in [0, 0.1) is 0 Å². The third-order valence-electron chi connectivity index (χ3n) is 1.95. The van der Waals surface area contributed by atoms with Gasteiger partial charge in [-0.1, -0.05) is 0 Å². The highest BCUT2D eigenvalue weighted by atomic mass is 32.2. The fourth-order valence-electron chi connectivity index (χ4n) is 1.19. The van der Waals surface area contributed by atoms with Crippen LogP contribution in [0.1, 0.15) is 0 Å². The number of imidazole rings is 1. The van der Waals surface area contributed by atoms with Gasteiger partial charge in [-0.15, -0.1) is 11.8 Å². The van der Waals surface area contributed by atoms with Crippen LogP contribution in [0.5, 0.6) is 0 Å². The molecule has 0 fully saturated rings. The number of aromatic nitrogens is 3. The molecule has 0 radical (unpaired) electrons. The van der Waals surface area contributed by atoms with Crippen molar-refractivity contribution >= 4 is 17.4 Å². The van der Waals surface area contributed by atoms with Crippen molar-refractivity contribution in [2.24, 2.45) is 0 Å². The second kappa shape index (κ2) is 4.84. The number of anilines is 1. The molecule has 0 saturated heterocycles. The van der Waals surface area contributed by atoms with Gasteiger partial charge in [-0.3, -0.25) is 0 Å². The van der Waals surface area contributed by atoms with Gasteiger partial charge >= 0.3 is 0 Å². The van der Waals surface area contributed by atoms with Crippen LogP contribution in [0.4, 0.5) is 5.69 Å². The van der Waals surface area contributed by atoms with Crippen molar-refractivity contribution in [2.75, 3.05) is 11.5 Å². The van der Waals surface area contributed by atoms with Gasteiger partial charge < -0.3 is 10.3 Å². The standard InChI is InChI=1S/C10H12N4S/c11-9-2-1-3-13-10(9)15-7-6-14-5-4-12-8-14/h1-5,8H,6-7,11H2. The van der Waals surface area contributed by atoms with E-state index in [2.05, 4.69) is 9.97 Å². The minimum atomic E-state index is 0.744. The Morgan fingerprint density at radius 3 is 3.07 bits per heavy atom. The fraction of sp³-hybridized carbons (Fsp3) is 0.200. The minimum Gasteiger partial charge on any atom is -0.397 e. The summed E-state index contributed by atoms with van der Waals surface area (Å²) in [5.74, 6) is 0.942. The number of rotatable bonds is 4. The Bertz CT molecular complexity index is 413. The summed E-state index contributed by atoms with van der Waals surface area (Å²) in [5, 5.41) is 0.901. The van der Waals surface area contributed by atoms with Crippen molar-refractivity contribution in [1.29, 1.82) is 0 Å². The van der Waals surface area contributed by atoms with E-state index in [9.17, 15) is 0 Å². The second-order valence-corrected chi connectivity index (χ2v) is 4.13. The Hall–Kier alpha value is -1.49. The molecule has 0 unspecified atom stereocenters. The number of thioether (sulfide) groups is 1. The molecule has 0 amide bonds. The van der Waals surface area contributed by atoms with Gasteiger partial charge in [0.2, 0.25) is 0 Å². The highest BCUT2D eigenvalue weighted by Gasteiger charge is 1.99. The van der Waals surface area contributed by atoms with Crippen molar-refractivity contribution in [3.63, 3.8) is 0 Å². The molecule has 0 bridgehead atoms. The molecule has 0 atom stereocenters. The number of aryl methyl sites for hydroxylation is 1. The van der Waals surface area contributed by atoms with Crippen LogP contribution in [0.3, 0.4) is 0 Å². The van der Waals surface area contributed by atoms with E-state index in [0.717, 1.165) is 23.0 Å². The van der Waals surface area contributed by atoms with Crippen LogP contribution in [0.15, 0.2) is 42.1 Å². The van der Waals surface area contributed by atoms with Crippen LogP contribution >= 0.6 is 11.8 Å². The SMILES string of the molecule is Nc1cccnc1SCCn1ccnc1. The maximum absolute atomic E-state index is 5.78. The van der Waals surface area contributed by atoms with Gasteiger partial charge in [-0.05, 0) is 12.1 Å². The molecule has 0 aromatic carbocycles. The van der Waals surface area contributed by atoms with Gasteiger partial charge in [-0.2, -0.15) is 0 Å². The topological polar surface area (TPSA) is 56.7 Å². The lowest BCUT2D eigenvalue weighted by Crippen LogP contribution is -1.98. The first-order valence-electron chi connectivity index (χ1n) is 4.65. The van der Waals surface area contributed by atoms with E-state index in [1.165, 1.54) is 0 Å². The fourth-order valence-corrected chi connectivity index (χ4v) is 2.06. The number of nitrogens with zero attached hydrogens (tertiary/aromatic N) is 3. The number of nitrogens with two attached hydrogens (primary N) is 1. The number of hydrogen-bond acceptors (Lipinski definition) is 4. The number of pyridine rings is 1. The summed E-state index contributed by atoms with van der Waals surface area (Å²) < 4.78 is 2.03. The zero-order chi connectivity index (χ0) is 10.5. The highest BCUT2D eigenvalue weighted by molar-refractivity contribution is 7.99. The molecule has 78 valence electrons. The van der Waals surface area contributed by atoms with Gasteiger partial charge in [0, 0.05) is 30.9 Å². The molecule has 2 N–H and O–H groups in total. The summed E-state index contributed by atoms with van der Waals surface area (Å²) in [7, 11) is 0. The third kappa shape index (κ3) is 2.73. The van der Waals surface area contributed by atoms with Gasteiger partial charge in [0.1, 0.15) is 5.03 Å². The first-order chi connectivity index (χ1) is 7.36. The molecule has 2 rings (SSSR count). The monoisotopic (exact) mass is 220 g/mol. The second-order valence-electron chi connectivity index (χ2n) is 3.05. The minimum absolute atomic E-state index is 0.744. The van der Waals surface area contributed by atoms with E-state index in [1.54, 1.807) is 24.2 Å². The molecule has 0 aliphatic rings. The Balaban J connectivity index is 1.86. The maximum atomic E-state index is 5.78. The first-order valence-corrected chi connectivity index (χ1v) is 5.64. The van der Waals surface area contributed by atoms with Crippen LogP contribution in [-0.4, -0.2) is 20.3 Å². The summed E-state index contributed by atoms with van der Waals surface area (Å²) in [5.41, 5.74) is 6.52. The van der Waals surface area contributed by atoms with Gasteiger partial charge in [0.05, 0.1) is 12.0 Å². The number of hydrogen-bond donors (Lipinski definition) is 1. The molecule has 0 spiro atoms. The summed E-state index contributed by atoms with van der Waals surface area (Å²) in [6.07, 6.45) is 7.29. The van der Waals surface area contributed by atoms with E-state index in [-0.39, 0.29) is 0 Å². The first kappa shape index (κ1) is 10.0. The van der Waals surface area contributed by atoms with E-state index >= 15 is 0 Å². The van der Waals surface area contributed by atoms with E-state index in [1.807, 2.05) is 29.2 Å². The van der Waals surface area contributed by atoms with Crippen molar-refractivity contribution in [1.82, 2.24) is 14.5 Å². The summed E-state index contributed by atoms with van der Waals surface area (Å²) in [6.45, 7) is 0.917. The molecule has 5 heteroatoms. The molecule has 0 aliphatic carbocycles. The van der Waals surface area contributed by atoms with Crippen molar-refractivity contribution in [2.45, 2.75) is 11.6 Å². The lowest BCUT2D eigenvalue weighted by Gasteiger charge is -2.03. The normalized spacial score (nSPS) is 10.4. The largest absolute Gasteiger partial charge is 0.397 e. The van der Waals surface area contributed by atoms with Gasteiger partial charge in [-0.25, -0.2) is 9.97 Å². The van der Waals surface area contributed by atoms with Crippen LogP contribution in [0.2, 0.25) is 0 Å². The molecule has 15 heavy (non-hydrogen) atoms. The Kier molecular flexibility index (Phi) is 3.24. The van der Waals surface area contributed by atoms with Crippen molar-refractivity contribution in [3.05, 3.63) is 37.1 Å². The van der Waals surface area contributed by atoms with E-state index in [4.69, 9.17) is 5.73 Å². The summed E-state index contributed by atoms with van der Waals surface area (Å²) in [4.78, 5) is 8.19. The predicted molar refractivity (Wildman–Crippen MR) is 61.6 cm³/mol. The lowest BCUT2D eigenvalue weighted by molar-refractivity contribution is 0.770. The average molecular weight is 220 g/mol. The van der Waals surface area contributed by atoms with Gasteiger partial charge in [0.15, 0.2) is 0 Å². The maximum Gasteiger partial charge on any atom is 0.119 e. The Morgan fingerprint density at radius 1 is 1.40 bits per heavy atom. The van der Waals surface area contributed by atoms with Gasteiger partial charge in [0.25, 0.3) is 0 Å².